The number of rotatable bonds is 1. The number of aromatic nitrogens is 2. The highest BCUT2D eigenvalue weighted by Crippen LogP contribution is 2.31. The first kappa shape index (κ1) is 11.6. The van der Waals surface area contributed by atoms with Crippen LogP contribution in [0, 0.1) is 0 Å². The molecule has 2 heterocycles. The SMILES string of the molecule is Oc1ccc(Cl)cc1-c1cn2cc(Br)ccc2n1. The first-order chi connectivity index (χ1) is 8.63. The van der Waals surface area contributed by atoms with Crippen molar-refractivity contribution >= 4 is 33.2 Å². The fourth-order valence-corrected chi connectivity index (χ4v) is 2.33. The van der Waals surface area contributed by atoms with E-state index in [-0.39, 0.29) is 5.75 Å². The standard InChI is InChI=1S/C13H8BrClN2O/c14-8-1-4-13-16-11(7-17(13)6-8)10-5-9(15)2-3-12(10)18/h1-7,18H. The van der Waals surface area contributed by atoms with Crippen molar-refractivity contribution in [3.8, 4) is 17.0 Å². The van der Waals surface area contributed by atoms with Crippen molar-refractivity contribution in [3.63, 3.8) is 0 Å². The summed E-state index contributed by atoms with van der Waals surface area (Å²) in [6, 6.07) is 8.73. The van der Waals surface area contributed by atoms with Gasteiger partial charge in [-0.2, -0.15) is 0 Å². The quantitative estimate of drug-likeness (QED) is 0.731. The van der Waals surface area contributed by atoms with Gasteiger partial charge in [0.05, 0.1) is 5.69 Å². The molecule has 5 heteroatoms. The normalized spacial score (nSPS) is 11.0. The number of nitrogens with zero attached hydrogens (tertiary/aromatic N) is 2. The summed E-state index contributed by atoms with van der Waals surface area (Å²) in [6.45, 7) is 0. The van der Waals surface area contributed by atoms with E-state index < -0.39 is 0 Å². The second-order valence-electron chi connectivity index (χ2n) is 3.90. The number of pyridine rings is 1. The van der Waals surface area contributed by atoms with E-state index in [4.69, 9.17) is 11.6 Å². The largest absolute Gasteiger partial charge is 0.507 e. The van der Waals surface area contributed by atoms with Gasteiger partial charge in [-0.05, 0) is 46.3 Å². The van der Waals surface area contributed by atoms with E-state index in [0.717, 1.165) is 10.1 Å². The van der Waals surface area contributed by atoms with Crippen LogP contribution in [0.3, 0.4) is 0 Å². The number of hydrogen-bond acceptors (Lipinski definition) is 2. The van der Waals surface area contributed by atoms with Crippen LogP contribution < -0.4 is 0 Å². The zero-order chi connectivity index (χ0) is 12.7. The Morgan fingerprint density at radius 1 is 1.17 bits per heavy atom. The first-order valence-corrected chi connectivity index (χ1v) is 6.44. The molecular formula is C13H8BrClN2O. The summed E-state index contributed by atoms with van der Waals surface area (Å²) in [5.74, 6) is 0.168. The average Bonchev–Trinajstić information content (AvgIpc) is 2.74. The van der Waals surface area contributed by atoms with Crippen molar-refractivity contribution < 1.29 is 5.11 Å². The van der Waals surface area contributed by atoms with Crippen LogP contribution in [0.1, 0.15) is 0 Å². The third-order valence-corrected chi connectivity index (χ3v) is 3.35. The van der Waals surface area contributed by atoms with Crippen molar-refractivity contribution in [3.05, 3.63) is 52.2 Å². The van der Waals surface area contributed by atoms with E-state index in [0.29, 0.717) is 16.3 Å². The average molecular weight is 324 g/mol. The molecule has 0 radical (unpaired) electrons. The number of fused-ring (bicyclic) bond motifs is 1. The van der Waals surface area contributed by atoms with Crippen molar-refractivity contribution in [1.82, 2.24) is 9.38 Å². The van der Waals surface area contributed by atoms with Crippen LogP contribution in [0.5, 0.6) is 5.75 Å². The van der Waals surface area contributed by atoms with Crippen LogP contribution in [-0.2, 0) is 0 Å². The maximum Gasteiger partial charge on any atom is 0.137 e. The molecule has 3 nitrogen and oxygen atoms in total. The summed E-state index contributed by atoms with van der Waals surface area (Å²) < 4.78 is 2.86. The molecular weight excluding hydrogens is 316 g/mol. The van der Waals surface area contributed by atoms with Crippen LogP contribution in [0.15, 0.2) is 47.2 Å². The van der Waals surface area contributed by atoms with Gasteiger partial charge in [-0.1, -0.05) is 11.6 Å². The molecule has 0 aliphatic carbocycles. The topological polar surface area (TPSA) is 37.5 Å². The molecule has 3 aromatic rings. The molecule has 3 rings (SSSR count). The van der Waals surface area contributed by atoms with Crippen LogP contribution in [0.25, 0.3) is 16.9 Å². The molecule has 90 valence electrons. The number of hydrogen-bond donors (Lipinski definition) is 1. The van der Waals surface area contributed by atoms with Gasteiger partial charge in [0.25, 0.3) is 0 Å². The lowest BCUT2D eigenvalue weighted by Crippen LogP contribution is -1.80. The highest BCUT2D eigenvalue weighted by Gasteiger charge is 2.09. The monoisotopic (exact) mass is 322 g/mol. The highest BCUT2D eigenvalue weighted by atomic mass is 79.9. The third kappa shape index (κ3) is 1.98. The molecule has 0 aliphatic rings. The molecule has 0 unspecified atom stereocenters. The third-order valence-electron chi connectivity index (χ3n) is 2.65. The maximum absolute atomic E-state index is 9.85. The molecule has 18 heavy (non-hydrogen) atoms. The summed E-state index contributed by atoms with van der Waals surface area (Å²) >= 11 is 9.34. The van der Waals surface area contributed by atoms with Gasteiger partial charge >= 0.3 is 0 Å². The first-order valence-electron chi connectivity index (χ1n) is 5.26. The summed E-state index contributed by atoms with van der Waals surface area (Å²) in [5, 5.41) is 10.4. The molecule has 0 amide bonds. The molecule has 1 N–H and O–H groups in total. The second-order valence-corrected chi connectivity index (χ2v) is 5.25. The minimum atomic E-state index is 0.168. The summed E-state index contributed by atoms with van der Waals surface area (Å²) in [6.07, 6.45) is 3.76. The van der Waals surface area contributed by atoms with E-state index in [1.54, 1.807) is 18.2 Å². The van der Waals surface area contributed by atoms with Gasteiger partial charge in [0, 0.05) is 27.5 Å². The summed E-state index contributed by atoms with van der Waals surface area (Å²) in [7, 11) is 0. The van der Waals surface area contributed by atoms with Crippen molar-refractivity contribution in [2.24, 2.45) is 0 Å². The van der Waals surface area contributed by atoms with E-state index in [1.165, 1.54) is 0 Å². The Bertz CT molecular complexity index is 739. The summed E-state index contributed by atoms with van der Waals surface area (Å²) in [5.41, 5.74) is 2.13. The van der Waals surface area contributed by atoms with E-state index in [9.17, 15) is 5.11 Å². The van der Waals surface area contributed by atoms with E-state index in [2.05, 4.69) is 20.9 Å². The van der Waals surface area contributed by atoms with E-state index in [1.807, 2.05) is 28.9 Å². The summed E-state index contributed by atoms with van der Waals surface area (Å²) in [4.78, 5) is 4.45. The lowest BCUT2D eigenvalue weighted by atomic mass is 10.1. The molecule has 0 atom stereocenters. The number of benzene rings is 1. The van der Waals surface area contributed by atoms with Gasteiger partial charge in [-0.15, -0.1) is 0 Å². The lowest BCUT2D eigenvalue weighted by molar-refractivity contribution is 0.477. The van der Waals surface area contributed by atoms with Crippen molar-refractivity contribution in [2.75, 3.05) is 0 Å². The highest BCUT2D eigenvalue weighted by molar-refractivity contribution is 9.10. The van der Waals surface area contributed by atoms with Crippen LogP contribution in [0.4, 0.5) is 0 Å². The zero-order valence-electron chi connectivity index (χ0n) is 9.14. The molecule has 1 aromatic carbocycles. The zero-order valence-corrected chi connectivity index (χ0v) is 11.5. The Hall–Kier alpha value is -1.52. The van der Waals surface area contributed by atoms with Gasteiger partial charge in [-0.3, -0.25) is 0 Å². The predicted molar refractivity (Wildman–Crippen MR) is 75.0 cm³/mol. The fraction of sp³-hybridized carbons (Fsp3) is 0. The molecule has 0 bridgehead atoms. The van der Waals surface area contributed by atoms with Gasteiger partial charge in [0.15, 0.2) is 0 Å². The Kier molecular flexibility index (Phi) is 2.76. The minimum Gasteiger partial charge on any atom is -0.507 e. The van der Waals surface area contributed by atoms with E-state index >= 15 is 0 Å². The van der Waals surface area contributed by atoms with Crippen molar-refractivity contribution in [2.45, 2.75) is 0 Å². The number of halogens is 2. The van der Waals surface area contributed by atoms with Gasteiger partial charge in [-0.25, -0.2) is 4.98 Å². The lowest BCUT2D eigenvalue weighted by Gasteiger charge is -2.00. The van der Waals surface area contributed by atoms with Gasteiger partial charge in [0.2, 0.25) is 0 Å². The molecule has 2 aromatic heterocycles. The van der Waals surface area contributed by atoms with Crippen LogP contribution in [0.2, 0.25) is 5.02 Å². The maximum atomic E-state index is 9.85. The molecule has 0 saturated carbocycles. The number of phenols is 1. The molecule has 0 saturated heterocycles. The van der Waals surface area contributed by atoms with Crippen LogP contribution in [-0.4, -0.2) is 14.5 Å². The smallest absolute Gasteiger partial charge is 0.137 e. The molecule has 0 fully saturated rings. The fourth-order valence-electron chi connectivity index (χ4n) is 1.81. The van der Waals surface area contributed by atoms with Crippen LogP contribution >= 0.6 is 27.5 Å². The minimum absolute atomic E-state index is 0.168. The number of phenolic OH excluding ortho intramolecular Hbond substituents is 1. The Morgan fingerprint density at radius 3 is 2.83 bits per heavy atom. The Morgan fingerprint density at radius 2 is 2.00 bits per heavy atom. The van der Waals surface area contributed by atoms with Gasteiger partial charge < -0.3 is 9.51 Å². The number of imidazole rings is 1. The van der Waals surface area contributed by atoms with Crippen molar-refractivity contribution in [1.29, 1.82) is 0 Å². The Labute approximate surface area is 117 Å². The number of aromatic hydroxyl groups is 1. The second kappa shape index (κ2) is 4.30. The van der Waals surface area contributed by atoms with Gasteiger partial charge in [0.1, 0.15) is 11.4 Å². The molecule has 0 aliphatic heterocycles. The Balaban J connectivity index is 2.22. The molecule has 0 spiro atoms. The predicted octanol–water partition coefficient (Wildman–Crippen LogP) is 4.12.